The molecule has 5 heteroatoms. The van der Waals surface area contributed by atoms with Crippen LogP contribution in [0, 0.1) is 23.2 Å². The molecule has 2 unspecified atom stereocenters. The smallest absolute Gasteiger partial charge is 0.311 e. The lowest BCUT2D eigenvalue weighted by atomic mass is 9.53. The standard InChI is InChI=1S/C19H30O5/c1-4-18(2,3)17(22)24-16-13-7-12-8-14(16)11-19(9-12,10-13)23-6-5-15(20)21/h12-14,16H,4-11H2,1-3H3,(H,20,21). The van der Waals surface area contributed by atoms with E-state index < -0.39 is 11.4 Å². The Balaban J connectivity index is 1.65. The van der Waals surface area contributed by atoms with Gasteiger partial charge in [0.05, 0.1) is 24.0 Å². The lowest BCUT2D eigenvalue weighted by molar-refractivity contribution is -0.218. The molecule has 4 aliphatic carbocycles. The van der Waals surface area contributed by atoms with Gasteiger partial charge in [-0.2, -0.15) is 0 Å². The summed E-state index contributed by atoms with van der Waals surface area (Å²) in [6.45, 7) is 6.20. The molecule has 0 amide bonds. The summed E-state index contributed by atoms with van der Waals surface area (Å²) < 4.78 is 12.1. The summed E-state index contributed by atoms with van der Waals surface area (Å²) >= 11 is 0. The van der Waals surface area contributed by atoms with Crippen molar-refractivity contribution in [1.82, 2.24) is 0 Å². The van der Waals surface area contributed by atoms with Crippen molar-refractivity contribution in [2.24, 2.45) is 23.2 Å². The molecule has 0 spiro atoms. The Hall–Kier alpha value is -1.10. The maximum absolute atomic E-state index is 12.5. The van der Waals surface area contributed by atoms with Crippen LogP contribution in [0.25, 0.3) is 0 Å². The molecule has 1 N–H and O–H groups in total. The predicted molar refractivity (Wildman–Crippen MR) is 88.4 cm³/mol. The molecule has 136 valence electrons. The number of aliphatic carboxylic acids is 1. The molecule has 5 nitrogen and oxygen atoms in total. The highest BCUT2D eigenvalue weighted by Crippen LogP contribution is 2.58. The fourth-order valence-corrected chi connectivity index (χ4v) is 5.05. The van der Waals surface area contributed by atoms with Crippen molar-refractivity contribution in [3.8, 4) is 0 Å². The van der Waals surface area contributed by atoms with Crippen LogP contribution < -0.4 is 0 Å². The van der Waals surface area contributed by atoms with Gasteiger partial charge in [-0.1, -0.05) is 6.92 Å². The maximum atomic E-state index is 12.5. The summed E-state index contributed by atoms with van der Waals surface area (Å²) in [6.07, 6.45) is 5.95. The van der Waals surface area contributed by atoms with Gasteiger partial charge in [0, 0.05) is 0 Å². The van der Waals surface area contributed by atoms with Crippen molar-refractivity contribution in [3.05, 3.63) is 0 Å². The average molecular weight is 338 g/mol. The highest BCUT2D eigenvalue weighted by molar-refractivity contribution is 5.76. The van der Waals surface area contributed by atoms with Crippen molar-refractivity contribution in [3.63, 3.8) is 0 Å². The van der Waals surface area contributed by atoms with Gasteiger partial charge >= 0.3 is 11.9 Å². The number of esters is 1. The van der Waals surface area contributed by atoms with Crippen molar-refractivity contribution in [1.29, 1.82) is 0 Å². The Morgan fingerprint density at radius 2 is 1.79 bits per heavy atom. The van der Waals surface area contributed by atoms with E-state index in [1.54, 1.807) is 0 Å². The molecule has 4 fully saturated rings. The van der Waals surface area contributed by atoms with Crippen LogP contribution >= 0.6 is 0 Å². The second-order valence-electron chi connectivity index (χ2n) is 8.75. The lowest BCUT2D eigenvalue weighted by Crippen LogP contribution is -2.59. The third-order valence-corrected chi connectivity index (χ3v) is 6.53. The number of rotatable bonds is 7. The lowest BCUT2D eigenvalue weighted by Gasteiger charge is -2.59. The van der Waals surface area contributed by atoms with Crippen LogP contribution in [-0.2, 0) is 19.1 Å². The molecule has 0 heterocycles. The molecule has 2 atom stereocenters. The van der Waals surface area contributed by atoms with E-state index in [-0.39, 0.29) is 30.7 Å². The van der Waals surface area contributed by atoms with Crippen LogP contribution in [0.1, 0.15) is 65.7 Å². The van der Waals surface area contributed by atoms with E-state index in [0.29, 0.717) is 17.8 Å². The van der Waals surface area contributed by atoms with E-state index >= 15 is 0 Å². The SMILES string of the molecule is CCC(C)(C)C(=O)OC1C2CC3CC1CC(OCCC(=O)O)(C3)C2. The zero-order chi connectivity index (χ0) is 17.5. The van der Waals surface area contributed by atoms with Crippen molar-refractivity contribution >= 4 is 11.9 Å². The molecular weight excluding hydrogens is 308 g/mol. The van der Waals surface area contributed by atoms with Crippen LogP contribution in [0.15, 0.2) is 0 Å². The Kier molecular flexibility index (Phi) is 4.67. The first kappa shape index (κ1) is 17.7. The number of hydrogen-bond acceptors (Lipinski definition) is 4. The predicted octanol–water partition coefficient (Wildman–Crippen LogP) is 3.40. The average Bonchev–Trinajstić information content (AvgIpc) is 2.49. The minimum absolute atomic E-state index is 0.0241. The molecule has 0 aromatic heterocycles. The minimum Gasteiger partial charge on any atom is -0.481 e. The van der Waals surface area contributed by atoms with Gasteiger partial charge in [0.15, 0.2) is 0 Å². The minimum atomic E-state index is -0.812. The van der Waals surface area contributed by atoms with E-state index in [4.69, 9.17) is 14.6 Å². The van der Waals surface area contributed by atoms with Crippen molar-refractivity contribution < 1.29 is 24.2 Å². The molecule has 0 saturated heterocycles. The van der Waals surface area contributed by atoms with E-state index in [9.17, 15) is 9.59 Å². The Morgan fingerprint density at radius 1 is 1.17 bits per heavy atom. The number of carbonyl (C=O) groups is 2. The summed E-state index contributed by atoms with van der Waals surface area (Å²) in [5, 5.41) is 8.83. The van der Waals surface area contributed by atoms with Crippen molar-refractivity contribution in [2.45, 2.75) is 77.4 Å². The summed E-state index contributed by atoms with van der Waals surface area (Å²) in [4.78, 5) is 23.2. The number of carboxylic acids is 1. The highest BCUT2D eigenvalue weighted by Gasteiger charge is 2.57. The Labute approximate surface area is 144 Å². The zero-order valence-corrected chi connectivity index (χ0v) is 15.0. The van der Waals surface area contributed by atoms with Gasteiger partial charge in [0.25, 0.3) is 0 Å². The van der Waals surface area contributed by atoms with Crippen LogP contribution in [0.2, 0.25) is 0 Å². The van der Waals surface area contributed by atoms with Gasteiger partial charge in [0.2, 0.25) is 0 Å². The molecule has 4 aliphatic rings. The first-order valence-electron chi connectivity index (χ1n) is 9.31. The zero-order valence-electron chi connectivity index (χ0n) is 15.0. The number of carboxylic acid groups (broad SMARTS) is 1. The summed E-state index contributed by atoms with van der Waals surface area (Å²) in [7, 11) is 0. The van der Waals surface area contributed by atoms with Gasteiger partial charge in [-0.15, -0.1) is 0 Å². The van der Waals surface area contributed by atoms with Crippen LogP contribution in [0.5, 0.6) is 0 Å². The van der Waals surface area contributed by atoms with E-state index in [0.717, 1.165) is 38.5 Å². The van der Waals surface area contributed by atoms with Crippen LogP contribution in [0.4, 0.5) is 0 Å². The summed E-state index contributed by atoms with van der Waals surface area (Å²) in [5.74, 6) is 0.494. The topological polar surface area (TPSA) is 72.8 Å². The second kappa shape index (κ2) is 6.32. The van der Waals surface area contributed by atoms with Crippen molar-refractivity contribution in [2.75, 3.05) is 6.61 Å². The maximum Gasteiger partial charge on any atom is 0.311 e. The summed E-state index contributed by atoms with van der Waals surface area (Å²) in [5.41, 5.74) is -0.598. The fourth-order valence-electron chi connectivity index (χ4n) is 5.05. The third-order valence-electron chi connectivity index (χ3n) is 6.53. The first-order chi connectivity index (χ1) is 11.2. The highest BCUT2D eigenvalue weighted by atomic mass is 16.5. The second-order valence-corrected chi connectivity index (χ2v) is 8.75. The number of hydrogen-bond donors (Lipinski definition) is 1. The van der Waals surface area contributed by atoms with E-state index in [1.165, 1.54) is 0 Å². The van der Waals surface area contributed by atoms with Gasteiger partial charge < -0.3 is 14.6 Å². The molecule has 0 aliphatic heterocycles. The Bertz CT molecular complexity index is 496. The van der Waals surface area contributed by atoms with E-state index in [2.05, 4.69) is 0 Å². The normalized spacial score (nSPS) is 37.5. The largest absolute Gasteiger partial charge is 0.481 e. The van der Waals surface area contributed by atoms with E-state index in [1.807, 2.05) is 20.8 Å². The van der Waals surface area contributed by atoms with Gasteiger partial charge in [0.1, 0.15) is 6.10 Å². The molecule has 0 radical (unpaired) electrons. The van der Waals surface area contributed by atoms with Gasteiger partial charge in [-0.05, 0) is 70.1 Å². The fraction of sp³-hybridized carbons (Fsp3) is 0.895. The molecular formula is C19H30O5. The van der Waals surface area contributed by atoms with Gasteiger partial charge in [-0.3, -0.25) is 9.59 Å². The number of carbonyl (C=O) groups excluding carboxylic acids is 1. The molecule has 0 aromatic carbocycles. The third kappa shape index (κ3) is 3.32. The molecule has 4 saturated carbocycles. The Morgan fingerprint density at radius 3 is 2.33 bits per heavy atom. The quantitative estimate of drug-likeness (QED) is 0.720. The summed E-state index contributed by atoms with van der Waals surface area (Å²) in [6, 6.07) is 0. The van der Waals surface area contributed by atoms with Crippen LogP contribution in [0.3, 0.4) is 0 Å². The molecule has 24 heavy (non-hydrogen) atoms. The van der Waals surface area contributed by atoms with Crippen LogP contribution in [-0.4, -0.2) is 35.4 Å². The van der Waals surface area contributed by atoms with Gasteiger partial charge in [-0.25, -0.2) is 0 Å². The number of ether oxygens (including phenoxy) is 2. The molecule has 4 rings (SSSR count). The monoisotopic (exact) mass is 338 g/mol. The molecule has 4 bridgehead atoms. The first-order valence-corrected chi connectivity index (χ1v) is 9.31. The molecule has 0 aromatic rings.